The maximum atomic E-state index is 12.3. The number of carbonyl (C=O) groups excluding carboxylic acids is 1. The Balaban J connectivity index is 1.68. The van der Waals surface area contributed by atoms with E-state index in [1.165, 1.54) is 48.7 Å². The second-order valence-corrected chi connectivity index (χ2v) is 7.48. The van der Waals surface area contributed by atoms with Crippen LogP contribution in [0.4, 0.5) is 5.69 Å². The molecule has 3 rings (SSSR count). The number of nitrogens with zero attached hydrogens (tertiary/aromatic N) is 2. The van der Waals surface area contributed by atoms with Crippen molar-refractivity contribution >= 4 is 27.9 Å². The zero-order valence-corrected chi connectivity index (χ0v) is 16.2. The fourth-order valence-electron chi connectivity index (χ4n) is 2.40. The largest absolute Gasteiger partial charge is 0.379 e. The highest BCUT2D eigenvalue weighted by Crippen LogP contribution is 2.19. The Labute approximate surface area is 171 Å². The van der Waals surface area contributed by atoms with E-state index in [-0.39, 0.29) is 21.9 Å². The lowest BCUT2D eigenvalue weighted by Gasteiger charge is -2.07. The molecule has 0 unspecified atom stereocenters. The fraction of sp³-hybridized carbons (Fsp3) is 0. The van der Waals surface area contributed by atoms with E-state index in [1.807, 2.05) is 0 Å². The van der Waals surface area contributed by atoms with Gasteiger partial charge in [-0.15, -0.1) is 0 Å². The predicted octanol–water partition coefficient (Wildman–Crippen LogP) is 3.13. The number of carbonyl (C=O) groups is 1. The first-order valence-corrected chi connectivity index (χ1v) is 9.93. The summed E-state index contributed by atoms with van der Waals surface area (Å²) < 4.78 is 29.7. The van der Waals surface area contributed by atoms with Crippen LogP contribution < -0.4 is 9.61 Å². The molecule has 0 aliphatic rings. The van der Waals surface area contributed by atoms with Gasteiger partial charge in [0.25, 0.3) is 11.6 Å². The SMILES string of the molecule is O=C(NN=Cc1cccc(OS(=O)(=O)c2ccccc2)c1)c1cccc([N+](=O)[O-])c1. The first kappa shape index (κ1) is 20.7. The summed E-state index contributed by atoms with van der Waals surface area (Å²) >= 11 is 0. The number of nitro groups is 1. The number of non-ortho nitro benzene ring substituents is 1. The molecule has 0 spiro atoms. The Kier molecular flexibility index (Phi) is 6.18. The highest BCUT2D eigenvalue weighted by atomic mass is 32.2. The molecule has 0 saturated carbocycles. The third-order valence-electron chi connectivity index (χ3n) is 3.79. The Morgan fingerprint density at radius 2 is 1.73 bits per heavy atom. The summed E-state index contributed by atoms with van der Waals surface area (Å²) in [6, 6.07) is 19.0. The molecule has 0 aliphatic heterocycles. The molecule has 3 aromatic carbocycles. The minimum Gasteiger partial charge on any atom is -0.379 e. The van der Waals surface area contributed by atoms with Gasteiger partial charge in [0, 0.05) is 17.7 Å². The van der Waals surface area contributed by atoms with Crippen molar-refractivity contribution in [1.82, 2.24) is 5.43 Å². The van der Waals surface area contributed by atoms with E-state index in [4.69, 9.17) is 4.18 Å². The minimum atomic E-state index is -3.98. The lowest BCUT2D eigenvalue weighted by molar-refractivity contribution is -0.384. The minimum absolute atomic E-state index is 0.0216. The van der Waals surface area contributed by atoms with E-state index in [0.29, 0.717) is 5.56 Å². The molecule has 0 heterocycles. The Hall–Kier alpha value is -4.05. The van der Waals surface area contributed by atoms with Crippen LogP contribution in [0.3, 0.4) is 0 Å². The molecule has 152 valence electrons. The third kappa shape index (κ3) is 5.26. The zero-order chi connectivity index (χ0) is 21.6. The van der Waals surface area contributed by atoms with Gasteiger partial charge < -0.3 is 4.18 Å². The van der Waals surface area contributed by atoms with E-state index in [1.54, 1.807) is 30.3 Å². The van der Waals surface area contributed by atoms with Gasteiger partial charge in [0.2, 0.25) is 0 Å². The Morgan fingerprint density at radius 1 is 1.00 bits per heavy atom. The first-order valence-electron chi connectivity index (χ1n) is 8.53. The van der Waals surface area contributed by atoms with E-state index < -0.39 is 20.9 Å². The standard InChI is InChI=1S/C20H15N3O6S/c24-20(16-7-5-8-17(13-16)23(25)26)22-21-14-15-6-4-9-18(12-15)29-30(27,28)19-10-2-1-3-11-19/h1-14H,(H,22,24). The van der Waals surface area contributed by atoms with Crippen LogP contribution in [0.5, 0.6) is 5.75 Å². The Bertz CT molecular complexity index is 1210. The zero-order valence-electron chi connectivity index (χ0n) is 15.3. The molecule has 1 N–H and O–H groups in total. The van der Waals surface area contributed by atoms with Crippen LogP contribution in [-0.2, 0) is 10.1 Å². The van der Waals surface area contributed by atoms with Gasteiger partial charge in [-0.3, -0.25) is 14.9 Å². The third-order valence-corrected chi connectivity index (χ3v) is 5.06. The van der Waals surface area contributed by atoms with Crippen LogP contribution in [0.15, 0.2) is 88.9 Å². The number of hydrazone groups is 1. The topological polar surface area (TPSA) is 128 Å². The molecule has 0 aromatic heterocycles. The van der Waals surface area contributed by atoms with Crippen molar-refractivity contribution in [3.8, 4) is 5.75 Å². The molecule has 9 nitrogen and oxygen atoms in total. The van der Waals surface area contributed by atoms with Crippen molar-refractivity contribution < 1.29 is 22.3 Å². The van der Waals surface area contributed by atoms with E-state index >= 15 is 0 Å². The number of nitrogens with one attached hydrogen (secondary N) is 1. The van der Waals surface area contributed by atoms with Crippen LogP contribution in [0.1, 0.15) is 15.9 Å². The smallest absolute Gasteiger partial charge is 0.339 e. The van der Waals surface area contributed by atoms with Gasteiger partial charge in [0.05, 0.1) is 11.1 Å². The van der Waals surface area contributed by atoms with E-state index in [2.05, 4.69) is 10.5 Å². The summed E-state index contributed by atoms with van der Waals surface area (Å²) in [5, 5.41) is 14.6. The van der Waals surface area contributed by atoms with Crippen LogP contribution in [-0.4, -0.2) is 25.5 Å². The maximum absolute atomic E-state index is 12.3. The summed E-state index contributed by atoms with van der Waals surface area (Å²) in [7, 11) is -3.98. The predicted molar refractivity (Wildman–Crippen MR) is 109 cm³/mol. The number of hydrogen-bond donors (Lipinski definition) is 1. The molecule has 0 atom stereocenters. The summed E-state index contributed by atoms with van der Waals surface area (Å²) in [6.07, 6.45) is 1.29. The quantitative estimate of drug-likeness (QED) is 0.268. The van der Waals surface area contributed by atoms with Gasteiger partial charge >= 0.3 is 10.1 Å². The second-order valence-electron chi connectivity index (χ2n) is 5.93. The van der Waals surface area contributed by atoms with Gasteiger partial charge in [0.1, 0.15) is 10.6 Å². The average Bonchev–Trinajstić information content (AvgIpc) is 2.74. The molecule has 1 amide bonds. The summed E-state index contributed by atoms with van der Waals surface area (Å²) in [6.45, 7) is 0. The molecule has 30 heavy (non-hydrogen) atoms. The monoisotopic (exact) mass is 425 g/mol. The summed E-state index contributed by atoms with van der Waals surface area (Å²) in [4.78, 5) is 22.3. The van der Waals surface area contributed by atoms with Gasteiger partial charge in [-0.1, -0.05) is 36.4 Å². The van der Waals surface area contributed by atoms with Crippen LogP contribution >= 0.6 is 0 Å². The summed E-state index contributed by atoms with van der Waals surface area (Å²) in [5.74, 6) is -0.554. The van der Waals surface area contributed by atoms with Crippen LogP contribution in [0.2, 0.25) is 0 Å². The fourth-order valence-corrected chi connectivity index (χ4v) is 3.34. The number of benzene rings is 3. The van der Waals surface area contributed by atoms with Crippen LogP contribution in [0, 0.1) is 10.1 Å². The average molecular weight is 425 g/mol. The van der Waals surface area contributed by atoms with Gasteiger partial charge in [-0.2, -0.15) is 13.5 Å². The molecule has 0 bridgehead atoms. The van der Waals surface area contributed by atoms with Gasteiger partial charge in [-0.05, 0) is 35.9 Å². The molecule has 0 aliphatic carbocycles. The van der Waals surface area contributed by atoms with E-state index in [0.717, 1.165) is 6.07 Å². The molecule has 0 radical (unpaired) electrons. The molecular formula is C20H15N3O6S. The number of amides is 1. The number of hydrogen-bond acceptors (Lipinski definition) is 7. The Morgan fingerprint density at radius 3 is 2.47 bits per heavy atom. The normalized spacial score (nSPS) is 11.2. The van der Waals surface area contributed by atoms with Gasteiger partial charge in [-0.25, -0.2) is 5.43 Å². The maximum Gasteiger partial charge on any atom is 0.339 e. The number of nitro benzene ring substituents is 1. The lowest BCUT2D eigenvalue weighted by Crippen LogP contribution is -2.17. The van der Waals surface area contributed by atoms with Gasteiger partial charge in [0.15, 0.2) is 0 Å². The molecule has 10 heteroatoms. The summed E-state index contributed by atoms with van der Waals surface area (Å²) in [5.41, 5.74) is 2.59. The highest BCUT2D eigenvalue weighted by Gasteiger charge is 2.16. The van der Waals surface area contributed by atoms with Crippen molar-refractivity contribution in [1.29, 1.82) is 0 Å². The lowest BCUT2D eigenvalue weighted by atomic mass is 10.2. The van der Waals surface area contributed by atoms with Crippen LogP contribution in [0.25, 0.3) is 0 Å². The van der Waals surface area contributed by atoms with Crippen molar-refractivity contribution in [2.45, 2.75) is 4.90 Å². The second kappa shape index (κ2) is 8.97. The molecule has 3 aromatic rings. The van der Waals surface area contributed by atoms with Crippen molar-refractivity contribution in [2.24, 2.45) is 5.10 Å². The van der Waals surface area contributed by atoms with Crippen molar-refractivity contribution in [2.75, 3.05) is 0 Å². The molecule has 0 saturated heterocycles. The molecule has 0 fully saturated rings. The number of rotatable bonds is 7. The first-order chi connectivity index (χ1) is 14.3. The van der Waals surface area contributed by atoms with Crippen molar-refractivity contribution in [3.63, 3.8) is 0 Å². The molecular weight excluding hydrogens is 410 g/mol. The highest BCUT2D eigenvalue weighted by molar-refractivity contribution is 7.87. The van der Waals surface area contributed by atoms with E-state index in [9.17, 15) is 23.3 Å². The van der Waals surface area contributed by atoms with Crippen molar-refractivity contribution in [3.05, 3.63) is 100 Å².